The quantitative estimate of drug-likeness (QED) is 0.449. The SMILES string of the molecule is CCOCCC(CC1OCCc2ccccc21)NN. The van der Waals surface area contributed by atoms with Crippen molar-refractivity contribution >= 4 is 0 Å². The summed E-state index contributed by atoms with van der Waals surface area (Å²) in [6.45, 7) is 4.29. The third-order valence-electron chi connectivity index (χ3n) is 3.64. The van der Waals surface area contributed by atoms with Crippen LogP contribution in [0.4, 0.5) is 0 Å². The van der Waals surface area contributed by atoms with E-state index in [1.165, 1.54) is 11.1 Å². The molecule has 1 aromatic carbocycles. The van der Waals surface area contributed by atoms with Gasteiger partial charge in [-0.05, 0) is 37.3 Å². The maximum Gasteiger partial charge on any atom is 0.0843 e. The lowest BCUT2D eigenvalue weighted by Crippen LogP contribution is -2.38. The zero-order valence-corrected chi connectivity index (χ0v) is 11.6. The first-order valence-electron chi connectivity index (χ1n) is 7.08. The highest BCUT2D eigenvalue weighted by molar-refractivity contribution is 5.30. The van der Waals surface area contributed by atoms with Gasteiger partial charge in [0.25, 0.3) is 0 Å². The number of hydrogen-bond acceptors (Lipinski definition) is 4. The monoisotopic (exact) mass is 264 g/mol. The average Bonchev–Trinajstić information content (AvgIpc) is 2.46. The fourth-order valence-electron chi connectivity index (χ4n) is 2.57. The van der Waals surface area contributed by atoms with Crippen molar-refractivity contribution in [1.29, 1.82) is 0 Å². The normalized spacial score (nSPS) is 20.0. The van der Waals surface area contributed by atoms with E-state index >= 15 is 0 Å². The van der Waals surface area contributed by atoms with Crippen molar-refractivity contribution in [3.05, 3.63) is 35.4 Å². The Labute approximate surface area is 115 Å². The van der Waals surface area contributed by atoms with Crippen LogP contribution in [0.5, 0.6) is 0 Å². The molecule has 0 bridgehead atoms. The van der Waals surface area contributed by atoms with Crippen molar-refractivity contribution in [2.45, 2.75) is 38.3 Å². The molecule has 1 aromatic rings. The zero-order chi connectivity index (χ0) is 13.5. The molecule has 4 heteroatoms. The molecular weight excluding hydrogens is 240 g/mol. The summed E-state index contributed by atoms with van der Waals surface area (Å²) < 4.78 is 11.3. The lowest BCUT2D eigenvalue weighted by molar-refractivity contribution is 0.0258. The molecule has 0 spiro atoms. The second kappa shape index (κ2) is 7.60. The zero-order valence-electron chi connectivity index (χ0n) is 11.6. The highest BCUT2D eigenvalue weighted by Gasteiger charge is 2.23. The van der Waals surface area contributed by atoms with Gasteiger partial charge in [-0.25, -0.2) is 0 Å². The summed E-state index contributed by atoms with van der Waals surface area (Å²) in [7, 11) is 0. The van der Waals surface area contributed by atoms with E-state index in [-0.39, 0.29) is 12.1 Å². The number of nitrogens with two attached hydrogens (primary N) is 1. The van der Waals surface area contributed by atoms with Crippen LogP contribution in [0.1, 0.15) is 37.0 Å². The number of ether oxygens (including phenoxy) is 2. The molecule has 2 unspecified atom stereocenters. The van der Waals surface area contributed by atoms with Gasteiger partial charge < -0.3 is 9.47 Å². The Morgan fingerprint density at radius 1 is 1.47 bits per heavy atom. The van der Waals surface area contributed by atoms with Crippen LogP contribution < -0.4 is 11.3 Å². The maximum absolute atomic E-state index is 5.91. The highest BCUT2D eigenvalue weighted by atomic mass is 16.5. The largest absolute Gasteiger partial charge is 0.382 e. The van der Waals surface area contributed by atoms with Gasteiger partial charge in [-0.1, -0.05) is 24.3 Å². The van der Waals surface area contributed by atoms with Gasteiger partial charge in [-0.15, -0.1) is 0 Å². The molecule has 19 heavy (non-hydrogen) atoms. The van der Waals surface area contributed by atoms with Crippen LogP contribution in [0.2, 0.25) is 0 Å². The number of benzene rings is 1. The number of hydrogen-bond donors (Lipinski definition) is 2. The first-order valence-corrected chi connectivity index (χ1v) is 7.08. The van der Waals surface area contributed by atoms with Crippen LogP contribution in [0.3, 0.4) is 0 Å². The summed E-state index contributed by atoms with van der Waals surface area (Å²) in [5, 5.41) is 0. The van der Waals surface area contributed by atoms with Crippen LogP contribution in [0, 0.1) is 0 Å². The van der Waals surface area contributed by atoms with Crippen LogP contribution in [0.25, 0.3) is 0 Å². The van der Waals surface area contributed by atoms with E-state index < -0.39 is 0 Å². The Morgan fingerprint density at radius 3 is 3.11 bits per heavy atom. The van der Waals surface area contributed by atoms with Crippen molar-refractivity contribution in [1.82, 2.24) is 5.43 Å². The Kier molecular flexibility index (Phi) is 5.79. The fourth-order valence-corrected chi connectivity index (χ4v) is 2.57. The number of nitrogens with one attached hydrogen (secondary N) is 1. The summed E-state index contributed by atoms with van der Waals surface area (Å²) in [6.07, 6.45) is 2.95. The molecule has 1 heterocycles. The summed E-state index contributed by atoms with van der Waals surface area (Å²) >= 11 is 0. The van der Waals surface area contributed by atoms with E-state index in [1.54, 1.807) is 0 Å². The smallest absolute Gasteiger partial charge is 0.0843 e. The van der Waals surface area contributed by atoms with E-state index in [1.807, 2.05) is 6.92 Å². The Morgan fingerprint density at radius 2 is 2.32 bits per heavy atom. The molecule has 0 fully saturated rings. The average molecular weight is 264 g/mol. The predicted octanol–water partition coefficient (Wildman–Crippen LogP) is 1.95. The van der Waals surface area contributed by atoms with Crippen LogP contribution in [-0.4, -0.2) is 25.9 Å². The van der Waals surface area contributed by atoms with Gasteiger partial charge in [0.1, 0.15) is 0 Å². The minimum absolute atomic E-state index is 0.146. The molecule has 0 amide bonds. The number of fused-ring (bicyclic) bond motifs is 1. The van der Waals surface area contributed by atoms with Gasteiger partial charge in [0, 0.05) is 19.3 Å². The van der Waals surface area contributed by atoms with Gasteiger partial charge in [0.05, 0.1) is 12.7 Å². The van der Waals surface area contributed by atoms with Crippen molar-refractivity contribution in [2.24, 2.45) is 5.84 Å². The Hall–Kier alpha value is -0.940. The molecule has 2 atom stereocenters. The van der Waals surface area contributed by atoms with E-state index in [9.17, 15) is 0 Å². The van der Waals surface area contributed by atoms with Gasteiger partial charge in [0.2, 0.25) is 0 Å². The first kappa shape index (κ1) is 14.5. The predicted molar refractivity (Wildman–Crippen MR) is 75.7 cm³/mol. The van der Waals surface area contributed by atoms with Gasteiger partial charge >= 0.3 is 0 Å². The molecule has 1 aliphatic heterocycles. The molecular formula is C15H24N2O2. The van der Waals surface area contributed by atoms with Crippen molar-refractivity contribution < 1.29 is 9.47 Å². The molecule has 0 saturated heterocycles. The summed E-state index contributed by atoms with van der Waals surface area (Å²) in [5.74, 6) is 5.63. The van der Waals surface area contributed by atoms with Crippen molar-refractivity contribution in [3.63, 3.8) is 0 Å². The lowest BCUT2D eigenvalue weighted by Gasteiger charge is -2.29. The molecule has 0 saturated carbocycles. The van der Waals surface area contributed by atoms with E-state index in [0.29, 0.717) is 0 Å². The third-order valence-corrected chi connectivity index (χ3v) is 3.64. The van der Waals surface area contributed by atoms with Crippen LogP contribution in [-0.2, 0) is 15.9 Å². The molecule has 4 nitrogen and oxygen atoms in total. The van der Waals surface area contributed by atoms with Crippen LogP contribution in [0.15, 0.2) is 24.3 Å². The maximum atomic E-state index is 5.91. The van der Waals surface area contributed by atoms with Gasteiger partial charge in [-0.2, -0.15) is 0 Å². The second-order valence-electron chi connectivity index (χ2n) is 4.89. The molecule has 3 N–H and O–H groups in total. The summed E-state index contributed by atoms with van der Waals surface area (Å²) in [4.78, 5) is 0. The Balaban J connectivity index is 1.94. The minimum atomic E-state index is 0.146. The van der Waals surface area contributed by atoms with E-state index in [0.717, 1.165) is 39.1 Å². The molecule has 2 rings (SSSR count). The minimum Gasteiger partial charge on any atom is -0.382 e. The standard InChI is InChI=1S/C15H24N2O2/c1-2-18-9-8-13(17-16)11-15-14-6-4-3-5-12(14)7-10-19-15/h3-6,13,15,17H,2,7-11,16H2,1H3. The number of rotatable bonds is 7. The van der Waals surface area contributed by atoms with E-state index in [4.69, 9.17) is 15.3 Å². The number of hydrazine groups is 1. The molecule has 0 aromatic heterocycles. The first-order chi connectivity index (χ1) is 9.35. The summed E-state index contributed by atoms with van der Waals surface area (Å²) in [6, 6.07) is 8.74. The van der Waals surface area contributed by atoms with Gasteiger partial charge in [-0.3, -0.25) is 11.3 Å². The fraction of sp³-hybridized carbons (Fsp3) is 0.600. The highest BCUT2D eigenvalue weighted by Crippen LogP contribution is 2.30. The summed E-state index contributed by atoms with van der Waals surface area (Å²) in [5.41, 5.74) is 5.59. The Bertz CT molecular complexity index is 384. The molecule has 1 aliphatic rings. The molecule has 0 radical (unpaired) electrons. The van der Waals surface area contributed by atoms with Gasteiger partial charge in [0.15, 0.2) is 0 Å². The molecule has 106 valence electrons. The van der Waals surface area contributed by atoms with Crippen LogP contribution >= 0.6 is 0 Å². The van der Waals surface area contributed by atoms with E-state index in [2.05, 4.69) is 29.7 Å². The van der Waals surface area contributed by atoms with Crippen molar-refractivity contribution in [3.8, 4) is 0 Å². The van der Waals surface area contributed by atoms with Crippen molar-refractivity contribution in [2.75, 3.05) is 19.8 Å². The third kappa shape index (κ3) is 4.01. The topological polar surface area (TPSA) is 56.5 Å². The second-order valence-corrected chi connectivity index (χ2v) is 4.89. The molecule has 0 aliphatic carbocycles. The lowest BCUT2D eigenvalue weighted by atomic mass is 9.93.